The standard InChI is InChI=1S/C18H25N3O2/c1-12(11-22)14(3)20-18(23)17-9-13(2)21(15(17)4)10-16-7-5-6-8-19-16/h5-9,12,14,22H,10-11H2,1-4H3,(H,20,23). The molecule has 0 fully saturated rings. The molecule has 2 aromatic heterocycles. The second-order valence-electron chi connectivity index (χ2n) is 6.11. The predicted octanol–water partition coefficient (Wildman–Crippen LogP) is 2.29. The van der Waals surface area contributed by atoms with Crippen LogP contribution in [-0.4, -0.2) is 33.2 Å². The van der Waals surface area contributed by atoms with Crippen LogP contribution in [0, 0.1) is 19.8 Å². The largest absolute Gasteiger partial charge is 0.396 e. The summed E-state index contributed by atoms with van der Waals surface area (Å²) >= 11 is 0. The zero-order chi connectivity index (χ0) is 17.0. The molecule has 0 saturated heterocycles. The van der Waals surface area contributed by atoms with Crippen molar-refractivity contribution in [3.8, 4) is 0 Å². The second kappa shape index (κ2) is 7.42. The normalized spacial score (nSPS) is 13.6. The van der Waals surface area contributed by atoms with E-state index < -0.39 is 0 Å². The highest BCUT2D eigenvalue weighted by Crippen LogP contribution is 2.17. The first-order valence-corrected chi connectivity index (χ1v) is 7.92. The number of nitrogens with one attached hydrogen (secondary N) is 1. The van der Waals surface area contributed by atoms with E-state index in [9.17, 15) is 9.90 Å². The molecule has 23 heavy (non-hydrogen) atoms. The zero-order valence-corrected chi connectivity index (χ0v) is 14.2. The minimum Gasteiger partial charge on any atom is -0.396 e. The maximum atomic E-state index is 12.5. The average Bonchev–Trinajstić information content (AvgIpc) is 2.83. The Morgan fingerprint density at radius 1 is 1.35 bits per heavy atom. The third-order valence-corrected chi connectivity index (χ3v) is 4.36. The van der Waals surface area contributed by atoms with E-state index in [4.69, 9.17) is 0 Å². The van der Waals surface area contributed by atoms with Gasteiger partial charge in [0.1, 0.15) is 0 Å². The van der Waals surface area contributed by atoms with Gasteiger partial charge in [0.05, 0.1) is 17.8 Å². The lowest BCUT2D eigenvalue weighted by molar-refractivity contribution is 0.0915. The van der Waals surface area contributed by atoms with Crippen molar-refractivity contribution in [3.05, 3.63) is 53.1 Å². The van der Waals surface area contributed by atoms with Crippen LogP contribution in [-0.2, 0) is 6.54 Å². The highest BCUT2D eigenvalue weighted by atomic mass is 16.3. The van der Waals surface area contributed by atoms with Crippen LogP contribution in [0.25, 0.3) is 0 Å². The SMILES string of the molecule is Cc1cc(C(=O)NC(C)C(C)CO)c(C)n1Cc1ccccn1. The molecule has 2 rings (SSSR count). The monoisotopic (exact) mass is 315 g/mol. The summed E-state index contributed by atoms with van der Waals surface area (Å²) in [5.74, 6) is -0.0749. The number of aryl methyl sites for hydroxylation is 1. The summed E-state index contributed by atoms with van der Waals surface area (Å²) in [7, 11) is 0. The highest BCUT2D eigenvalue weighted by molar-refractivity contribution is 5.95. The number of hydrogen-bond acceptors (Lipinski definition) is 3. The summed E-state index contributed by atoms with van der Waals surface area (Å²) in [5, 5.41) is 12.2. The summed E-state index contributed by atoms with van der Waals surface area (Å²) in [6.45, 7) is 8.47. The molecule has 2 N–H and O–H groups in total. The topological polar surface area (TPSA) is 67.2 Å². The third-order valence-electron chi connectivity index (χ3n) is 4.36. The van der Waals surface area contributed by atoms with Gasteiger partial charge in [0.2, 0.25) is 0 Å². The van der Waals surface area contributed by atoms with Gasteiger partial charge in [-0.2, -0.15) is 0 Å². The van der Waals surface area contributed by atoms with Gasteiger partial charge in [0.15, 0.2) is 0 Å². The summed E-state index contributed by atoms with van der Waals surface area (Å²) in [6, 6.07) is 7.66. The van der Waals surface area contributed by atoms with E-state index >= 15 is 0 Å². The first-order chi connectivity index (χ1) is 10.9. The van der Waals surface area contributed by atoms with Crippen molar-refractivity contribution < 1.29 is 9.90 Å². The predicted molar refractivity (Wildman–Crippen MR) is 90.4 cm³/mol. The Labute approximate surface area is 137 Å². The Hall–Kier alpha value is -2.14. The molecule has 2 heterocycles. The molecule has 0 aliphatic rings. The van der Waals surface area contributed by atoms with E-state index in [0.29, 0.717) is 12.1 Å². The van der Waals surface area contributed by atoms with Crippen molar-refractivity contribution in [1.82, 2.24) is 14.9 Å². The molecule has 2 unspecified atom stereocenters. The lowest BCUT2D eigenvalue weighted by atomic mass is 10.0. The summed E-state index contributed by atoms with van der Waals surface area (Å²) in [4.78, 5) is 16.8. The minimum absolute atomic E-state index is 0.0240. The fourth-order valence-electron chi connectivity index (χ4n) is 2.51. The van der Waals surface area contributed by atoms with Crippen molar-refractivity contribution in [3.63, 3.8) is 0 Å². The van der Waals surface area contributed by atoms with Crippen LogP contribution in [0.3, 0.4) is 0 Å². The molecule has 0 bridgehead atoms. The number of carbonyl (C=O) groups is 1. The van der Waals surface area contributed by atoms with Gasteiger partial charge in [-0.25, -0.2) is 0 Å². The number of amides is 1. The Bertz CT molecular complexity index is 664. The number of aliphatic hydroxyl groups is 1. The Morgan fingerprint density at radius 2 is 2.09 bits per heavy atom. The van der Waals surface area contributed by atoms with Crippen molar-refractivity contribution in [1.29, 1.82) is 0 Å². The van der Waals surface area contributed by atoms with Crippen LogP contribution in [0.5, 0.6) is 0 Å². The molecule has 2 atom stereocenters. The van der Waals surface area contributed by atoms with Crippen LogP contribution in [0.2, 0.25) is 0 Å². The van der Waals surface area contributed by atoms with Gasteiger partial charge in [-0.1, -0.05) is 13.0 Å². The van der Waals surface area contributed by atoms with Crippen molar-refractivity contribution in [2.45, 2.75) is 40.3 Å². The maximum absolute atomic E-state index is 12.5. The molecular formula is C18H25N3O2. The number of pyridine rings is 1. The zero-order valence-electron chi connectivity index (χ0n) is 14.2. The van der Waals surface area contributed by atoms with Gasteiger partial charge >= 0.3 is 0 Å². The Balaban J connectivity index is 2.18. The number of carbonyl (C=O) groups excluding carboxylic acids is 1. The van der Waals surface area contributed by atoms with Gasteiger partial charge in [-0.05, 0) is 44.9 Å². The average molecular weight is 315 g/mol. The van der Waals surface area contributed by atoms with Crippen molar-refractivity contribution in [2.75, 3.05) is 6.61 Å². The molecule has 124 valence electrons. The summed E-state index contributed by atoms with van der Waals surface area (Å²) in [5.41, 5.74) is 3.59. The fraction of sp³-hybridized carbons (Fsp3) is 0.444. The van der Waals surface area contributed by atoms with Gasteiger partial charge in [0.25, 0.3) is 5.91 Å². The van der Waals surface area contributed by atoms with Crippen LogP contribution in [0.4, 0.5) is 0 Å². The van der Waals surface area contributed by atoms with Crippen molar-refractivity contribution >= 4 is 5.91 Å². The molecule has 0 aliphatic carbocycles. The first-order valence-electron chi connectivity index (χ1n) is 7.92. The van der Waals surface area contributed by atoms with E-state index in [0.717, 1.165) is 17.1 Å². The quantitative estimate of drug-likeness (QED) is 0.859. The van der Waals surface area contributed by atoms with E-state index in [1.54, 1.807) is 6.20 Å². The van der Waals surface area contributed by atoms with Gasteiger partial charge < -0.3 is 15.0 Å². The van der Waals surface area contributed by atoms with Gasteiger partial charge in [0, 0.05) is 30.2 Å². The lowest BCUT2D eigenvalue weighted by Gasteiger charge is -2.19. The molecule has 5 heteroatoms. The van der Waals surface area contributed by atoms with Crippen molar-refractivity contribution in [2.24, 2.45) is 5.92 Å². The van der Waals surface area contributed by atoms with Crippen LogP contribution in [0.1, 0.15) is 41.3 Å². The Kier molecular flexibility index (Phi) is 5.55. The van der Waals surface area contributed by atoms with E-state index in [2.05, 4.69) is 14.9 Å². The summed E-state index contributed by atoms with van der Waals surface area (Å²) in [6.07, 6.45) is 1.77. The molecule has 1 amide bonds. The third kappa shape index (κ3) is 3.99. The van der Waals surface area contributed by atoms with Crippen LogP contribution >= 0.6 is 0 Å². The number of aromatic nitrogens is 2. The number of nitrogens with zero attached hydrogens (tertiary/aromatic N) is 2. The van der Waals surface area contributed by atoms with Gasteiger partial charge in [-0.15, -0.1) is 0 Å². The van der Waals surface area contributed by atoms with E-state index in [-0.39, 0.29) is 24.5 Å². The number of rotatable bonds is 6. The minimum atomic E-state index is -0.0989. The molecule has 5 nitrogen and oxygen atoms in total. The highest BCUT2D eigenvalue weighted by Gasteiger charge is 2.19. The van der Waals surface area contributed by atoms with Gasteiger partial charge in [-0.3, -0.25) is 9.78 Å². The molecular weight excluding hydrogens is 290 g/mol. The van der Waals surface area contributed by atoms with Crippen LogP contribution < -0.4 is 5.32 Å². The molecule has 0 saturated carbocycles. The lowest BCUT2D eigenvalue weighted by Crippen LogP contribution is -2.38. The van der Waals surface area contributed by atoms with E-state index in [1.807, 2.05) is 52.0 Å². The fourth-order valence-corrected chi connectivity index (χ4v) is 2.51. The molecule has 0 spiro atoms. The number of hydrogen-bond donors (Lipinski definition) is 2. The maximum Gasteiger partial charge on any atom is 0.253 e. The molecule has 0 radical (unpaired) electrons. The second-order valence-corrected chi connectivity index (χ2v) is 6.11. The molecule has 0 aliphatic heterocycles. The van der Waals surface area contributed by atoms with E-state index in [1.165, 1.54) is 0 Å². The molecule has 0 aromatic carbocycles. The first kappa shape index (κ1) is 17.2. The molecule has 2 aromatic rings. The number of aliphatic hydroxyl groups excluding tert-OH is 1. The Morgan fingerprint density at radius 3 is 2.70 bits per heavy atom. The summed E-state index contributed by atoms with van der Waals surface area (Å²) < 4.78 is 2.09. The van der Waals surface area contributed by atoms with Crippen LogP contribution in [0.15, 0.2) is 30.5 Å². The smallest absolute Gasteiger partial charge is 0.253 e.